The standard InChI is InChI=1S/C27H27ClN4O/c1-20(27(33)31-16-14-30(15-17-31)19-21-8-4-2-5-9-21)32-25-13-12-23(28)18-24(25)26(29-32)22-10-6-3-7-11-22/h2-13,18,20H,14-17,19H2,1H3/t20-/m0/s1. The summed E-state index contributed by atoms with van der Waals surface area (Å²) >= 11 is 6.31. The van der Waals surface area contributed by atoms with Crippen molar-refractivity contribution in [3.63, 3.8) is 0 Å². The van der Waals surface area contributed by atoms with Crippen molar-refractivity contribution < 1.29 is 4.79 Å². The Balaban J connectivity index is 1.35. The van der Waals surface area contributed by atoms with Crippen molar-refractivity contribution >= 4 is 28.4 Å². The van der Waals surface area contributed by atoms with E-state index in [1.165, 1.54) is 5.56 Å². The number of hydrogen-bond donors (Lipinski definition) is 0. The zero-order chi connectivity index (χ0) is 22.8. The third-order valence-electron chi connectivity index (χ3n) is 6.37. The van der Waals surface area contributed by atoms with E-state index in [9.17, 15) is 4.79 Å². The minimum Gasteiger partial charge on any atom is -0.338 e. The van der Waals surface area contributed by atoms with E-state index in [2.05, 4.69) is 29.2 Å². The van der Waals surface area contributed by atoms with Crippen LogP contribution < -0.4 is 0 Å². The maximum absolute atomic E-state index is 13.4. The Morgan fingerprint density at radius 3 is 2.30 bits per heavy atom. The van der Waals surface area contributed by atoms with Gasteiger partial charge in [-0.2, -0.15) is 5.10 Å². The Labute approximate surface area is 199 Å². The number of nitrogens with zero attached hydrogens (tertiary/aromatic N) is 4. The minimum atomic E-state index is -0.396. The zero-order valence-electron chi connectivity index (χ0n) is 18.7. The summed E-state index contributed by atoms with van der Waals surface area (Å²) in [5, 5.41) is 6.51. The van der Waals surface area contributed by atoms with Gasteiger partial charge in [0.2, 0.25) is 5.91 Å². The van der Waals surface area contributed by atoms with Gasteiger partial charge in [0.15, 0.2) is 0 Å². The molecule has 1 atom stereocenters. The lowest BCUT2D eigenvalue weighted by atomic mass is 10.1. The summed E-state index contributed by atoms with van der Waals surface area (Å²) in [6.45, 7) is 6.06. The van der Waals surface area contributed by atoms with E-state index < -0.39 is 6.04 Å². The third kappa shape index (κ3) is 4.52. The Kier molecular flexibility index (Phi) is 6.16. The summed E-state index contributed by atoms with van der Waals surface area (Å²) in [5.41, 5.74) is 4.08. The number of piperazine rings is 1. The largest absolute Gasteiger partial charge is 0.338 e. The molecule has 0 spiro atoms. The van der Waals surface area contributed by atoms with Crippen LogP contribution in [-0.2, 0) is 11.3 Å². The van der Waals surface area contributed by atoms with Crippen molar-refractivity contribution in [3.05, 3.63) is 89.4 Å². The molecule has 1 aromatic heterocycles. The number of carbonyl (C=O) groups excluding carboxylic acids is 1. The van der Waals surface area contributed by atoms with Crippen LogP contribution in [0.3, 0.4) is 0 Å². The van der Waals surface area contributed by atoms with E-state index >= 15 is 0 Å². The number of amides is 1. The van der Waals surface area contributed by atoms with Crippen molar-refractivity contribution in [2.24, 2.45) is 0 Å². The third-order valence-corrected chi connectivity index (χ3v) is 6.61. The van der Waals surface area contributed by atoms with Gasteiger partial charge in [-0.1, -0.05) is 72.3 Å². The summed E-state index contributed by atoms with van der Waals surface area (Å²) in [7, 11) is 0. The van der Waals surface area contributed by atoms with Gasteiger partial charge in [-0.05, 0) is 30.7 Å². The molecule has 0 N–H and O–H groups in total. The number of carbonyl (C=O) groups is 1. The monoisotopic (exact) mass is 458 g/mol. The second kappa shape index (κ2) is 9.38. The fourth-order valence-electron chi connectivity index (χ4n) is 4.55. The highest BCUT2D eigenvalue weighted by Gasteiger charge is 2.28. The van der Waals surface area contributed by atoms with Gasteiger partial charge in [0, 0.05) is 48.7 Å². The van der Waals surface area contributed by atoms with Crippen LogP contribution in [0.25, 0.3) is 22.2 Å². The summed E-state index contributed by atoms with van der Waals surface area (Å²) in [6.07, 6.45) is 0. The number of halogens is 1. The van der Waals surface area contributed by atoms with E-state index in [1.54, 1.807) is 0 Å². The lowest BCUT2D eigenvalue weighted by Crippen LogP contribution is -2.50. The molecule has 2 heterocycles. The second-order valence-electron chi connectivity index (χ2n) is 8.58. The van der Waals surface area contributed by atoms with Crippen LogP contribution in [0.1, 0.15) is 18.5 Å². The van der Waals surface area contributed by atoms with Crippen LogP contribution in [0.4, 0.5) is 0 Å². The summed E-state index contributed by atoms with van der Waals surface area (Å²) in [5.74, 6) is 0.105. The van der Waals surface area contributed by atoms with Crippen LogP contribution in [-0.4, -0.2) is 51.7 Å². The van der Waals surface area contributed by atoms with Crippen LogP contribution in [0.5, 0.6) is 0 Å². The molecule has 1 saturated heterocycles. The Bertz CT molecular complexity index is 1250. The number of rotatable bonds is 5. The molecule has 5 nitrogen and oxygen atoms in total. The van der Waals surface area contributed by atoms with E-state index in [4.69, 9.17) is 16.7 Å². The number of benzene rings is 3. The molecule has 3 aromatic carbocycles. The van der Waals surface area contributed by atoms with Crippen LogP contribution in [0.2, 0.25) is 5.02 Å². The zero-order valence-corrected chi connectivity index (χ0v) is 19.4. The number of aromatic nitrogens is 2. The van der Waals surface area contributed by atoms with Gasteiger partial charge in [-0.25, -0.2) is 0 Å². The van der Waals surface area contributed by atoms with Crippen molar-refractivity contribution in [1.82, 2.24) is 19.6 Å². The first kappa shape index (κ1) is 21.7. The average Bonchev–Trinajstić information content (AvgIpc) is 3.23. The molecule has 0 saturated carbocycles. The summed E-state index contributed by atoms with van der Waals surface area (Å²) in [6, 6.07) is 25.9. The Morgan fingerprint density at radius 1 is 0.939 bits per heavy atom. The predicted molar refractivity (Wildman–Crippen MR) is 133 cm³/mol. The van der Waals surface area contributed by atoms with E-state index in [0.29, 0.717) is 5.02 Å². The smallest absolute Gasteiger partial charge is 0.247 e. The second-order valence-corrected chi connectivity index (χ2v) is 9.02. The van der Waals surface area contributed by atoms with Gasteiger partial charge >= 0.3 is 0 Å². The molecule has 0 bridgehead atoms. The molecular formula is C27H27ClN4O. The van der Waals surface area contributed by atoms with Gasteiger partial charge in [0.05, 0.1) is 5.52 Å². The average molecular weight is 459 g/mol. The molecule has 33 heavy (non-hydrogen) atoms. The minimum absolute atomic E-state index is 0.105. The van der Waals surface area contributed by atoms with Crippen molar-refractivity contribution in [2.45, 2.75) is 19.5 Å². The molecule has 5 rings (SSSR count). The molecule has 1 aliphatic heterocycles. The van der Waals surface area contributed by atoms with Crippen LogP contribution in [0, 0.1) is 0 Å². The van der Waals surface area contributed by atoms with Gasteiger partial charge in [-0.3, -0.25) is 14.4 Å². The first-order chi connectivity index (χ1) is 16.1. The van der Waals surface area contributed by atoms with E-state index in [1.807, 2.05) is 71.1 Å². The molecule has 1 amide bonds. The number of fused-ring (bicyclic) bond motifs is 1. The fourth-order valence-corrected chi connectivity index (χ4v) is 4.73. The topological polar surface area (TPSA) is 41.4 Å². The highest BCUT2D eigenvalue weighted by Crippen LogP contribution is 2.32. The highest BCUT2D eigenvalue weighted by atomic mass is 35.5. The summed E-state index contributed by atoms with van der Waals surface area (Å²) in [4.78, 5) is 17.8. The maximum Gasteiger partial charge on any atom is 0.247 e. The highest BCUT2D eigenvalue weighted by molar-refractivity contribution is 6.31. The maximum atomic E-state index is 13.4. The van der Waals surface area contributed by atoms with Crippen molar-refractivity contribution in [1.29, 1.82) is 0 Å². The van der Waals surface area contributed by atoms with Gasteiger partial charge in [0.1, 0.15) is 11.7 Å². The molecule has 6 heteroatoms. The van der Waals surface area contributed by atoms with Crippen LogP contribution in [0.15, 0.2) is 78.9 Å². The summed E-state index contributed by atoms with van der Waals surface area (Å²) < 4.78 is 1.85. The Morgan fingerprint density at radius 2 is 1.61 bits per heavy atom. The molecular weight excluding hydrogens is 432 g/mol. The van der Waals surface area contributed by atoms with Crippen LogP contribution >= 0.6 is 11.6 Å². The normalized spacial score (nSPS) is 15.6. The van der Waals surface area contributed by atoms with E-state index in [0.717, 1.165) is 54.9 Å². The molecule has 1 fully saturated rings. The van der Waals surface area contributed by atoms with Gasteiger partial charge < -0.3 is 4.90 Å². The first-order valence-corrected chi connectivity index (χ1v) is 11.8. The van der Waals surface area contributed by atoms with Gasteiger partial charge in [0.25, 0.3) is 0 Å². The SMILES string of the molecule is C[C@@H](C(=O)N1CCN(Cc2ccccc2)CC1)n1nc(-c2ccccc2)c2cc(Cl)ccc21. The quantitative estimate of drug-likeness (QED) is 0.409. The predicted octanol–water partition coefficient (Wildman–Crippen LogP) is 5.26. The van der Waals surface area contributed by atoms with Gasteiger partial charge in [-0.15, -0.1) is 0 Å². The first-order valence-electron chi connectivity index (χ1n) is 11.4. The lowest BCUT2D eigenvalue weighted by molar-refractivity contribution is -0.136. The Hall–Kier alpha value is -3.15. The lowest BCUT2D eigenvalue weighted by Gasteiger charge is -2.36. The molecule has 0 unspecified atom stereocenters. The molecule has 0 aliphatic carbocycles. The number of hydrogen-bond acceptors (Lipinski definition) is 3. The molecule has 4 aromatic rings. The molecule has 168 valence electrons. The molecule has 0 radical (unpaired) electrons. The van der Waals surface area contributed by atoms with E-state index in [-0.39, 0.29) is 5.91 Å². The molecule has 1 aliphatic rings. The van der Waals surface area contributed by atoms with Crippen molar-refractivity contribution in [3.8, 4) is 11.3 Å². The van der Waals surface area contributed by atoms with Crippen molar-refractivity contribution in [2.75, 3.05) is 26.2 Å². The fraction of sp³-hybridized carbons (Fsp3) is 0.259.